The van der Waals surface area contributed by atoms with E-state index in [1.165, 1.54) is 12.1 Å². The van der Waals surface area contributed by atoms with Crippen molar-refractivity contribution in [2.45, 2.75) is 7.59 Å². The molecule has 0 fully saturated rings. The number of phenols is 1. The summed E-state index contributed by atoms with van der Waals surface area (Å²) in [4.78, 5) is 12.0. The van der Waals surface area contributed by atoms with E-state index in [1.54, 1.807) is 12.1 Å². The first kappa shape index (κ1) is 18.8. The number of hydrogen-bond acceptors (Lipinski definition) is 4. The van der Waals surface area contributed by atoms with Gasteiger partial charge in [-0.05, 0) is 17.7 Å². The first-order valence-corrected chi connectivity index (χ1v) is 8.14. The third-order valence-electron chi connectivity index (χ3n) is 2.63. The molecule has 4 nitrogen and oxygen atoms in total. The molecule has 122 valence electrons. The third kappa shape index (κ3) is 4.75. The van der Waals surface area contributed by atoms with Crippen molar-refractivity contribution >= 4 is 75.2 Å². The lowest BCUT2D eigenvalue weighted by atomic mass is 10.1. The molecule has 1 aromatic carbocycles. The van der Waals surface area contributed by atoms with Crippen molar-refractivity contribution < 1.29 is 5.11 Å². The van der Waals surface area contributed by atoms with Crippen molar-refractivity contribution in [2.75, 3.05) is 0 Å². The molecule has 0 bridgehead atoms. The highest BCUT2D eigenvalue weighted by Crippen LogP contribution is 2.40. The molecule has 1 aromatic heterocycles. The van der Waals surface area contributed by atoms with Gasteiger partial charge in [-0.15, -0.1) is 0 Å². The Kier molecular flexibility index (Phi) is 5.56. The number of benzene rings is 1. The van der Waals surface area contributed by atoms with Gasteiger partial charge in [-0.3, -0.25) is 0 Å². The van der Waals surface area contributed by atoms with Gasteiger partial charge in [-0.2, -0.15) is 0 Å². The van der Waals surface area contributed by atoms with E-state index in [2.05, 4.69) is 21.5 Å². The van der Waals surface area contributed by atoms with Crippen molar-refractivity contribution in [2.24, 2.45) is 0 Å². The van der Waals surface area contributed by atoms with E-state index in [0.717, 1.165) is 0 Å². The molecule has 0 atom stereocenters. The van der Waals surface area contributed by atoms with Crippen molar-refractivity contribution in [3.05, 3.63) is 53.9 Å². The molecule has 0 amide bonds. The molecule has 1 N–H and O–H groups in total. The van der Waals surface area contributed by atoms with Crippen molar-refractivity contribution in [3.63, 3.8) is 0 Å². The van der Waals surface area contributed by atoms with E-state index in [9.17, 15) is 5.11 Å². The van der Waals surface area contributed by atoms with E-state index < -0.39 is 7.59 Å². The molecule has 0 unspecified atom stereocenters. The van der Waals surface area contributed by atoms with Crippen LogP contribution in [0.2, 0.25) is 0 Å². The molecular formula is C13H7Cl6N3O. The minimum absolute atomic E-state index is 0.0772. The highest BCUT2D eigenvalue weighted by Gasteiger charge is 2.34. The van der Waals surface area contributed by atoms with Gasteiger partial charge in [-0.1, -0.05) is 88.3 Å². The largest absolute Gasteiger partial charge is 0.508 e. The Labute approximate surface area is 162 Å². The Hall–Kier alpha value is -0.490. The topological polar surface area (TPSA) is 58.9 Å². The fourth-order valence-electron chi connectivity index (χ4n) is 1.56. The Morgan fingerprint density at radius 3 is 1.65 bits per heavy atom. The van der Waals surface area contributed by atoms with Gasteiger partial charge >= 0.3 is 0 Å². The lowest BCUT2D eigenvalue weighted by molar-refractivity contribution is 0.475. The SMILES string of the molecule is C=C(c1ccc(O)cc1)c1nc(C(Cl)(Cl)Cl)nc(C(Cl)(Cl)Cl)n1. The maximum atomic E-state index is 9.33. The predicted octanol–water partition coefficient (Wildman–Crippen LogP) is 5.29. The number of rotatable bonds is 2. The molecule has 0 saturated carbocycles. The zero-order valence-electron chi connectivity index (χ0n) is 11.1. The molecule has 0 radical (unpaired) electrons. The third-order valence-corrected chi connectivity index (χ3v) is 3.64. The van der Waals surface area contributed by atoms with Gasteiger partial charge in [0, 0.05) is 5.57 Å². The van der Waals surface area contributed by atoms with Crippen LogP contribution in [-0.4, -0.2) is 20.1 Å². The van der Waals surface area contributed by atoms with Crippen molar-refractivity contribution in [3.8, 4) is 5.75 Å². The average molecular weight is 434 g/mol. The molecule has 10 heteroatoms. The van der Waals surface area contributed by atoms with Crippen LogP contribution in [0.5, 0.6) is 5.75 Å². The first-order valence-electron chi connectivity index (χ1n) is 5.87. The molecule has 0 spiro atoms. The molecule has 2 aromatic rings. The second kappa shape index (κ2) is 6.79. The molecule has 0 saturated heterocycles. The van der Waals surface area contributed by atoms with Crippen LogP contribution >= 0.6 is 69.6 Å². The van der Waals surface area contributed by atoms with Gasteiger partial charge in [0.2, 0.25) is 7.59 Å². The van der Waals surface area contributed by atoms with Crippen LogP contribution in [-0.2, 0) is 7.59 Å². The molecule has 23 heavy (non-hydrogen) atoms. The maximum absolute atomic E-state index is 9.33. The predicted molar refractivity (Wildman–Crippen MR) is 94.5 cm³/mol. The maximum Gasteiger partial charge on any atom is 0.250 e. The summed E-state index contributed by atoms with van der Waals surface area (Å²) in [7, 11) is 0. The van der Waals surface area contributed by atoms with Crippen LogP contribution in [0.4, 0.5) is 0 Å². The number of alkyl halides is 6. The highest BCUT2D eigenvalue weighted by atomic mass is 35.6. The monoisotopic (exact) mass is 431 g/mol. The normalized spacial score (nSPS) is 12.3. The second-order valence-electron chi connectivity index (χ2n) is 4.33. The Balaban J connectivity index is 2.57. The quantitative estimate of drug-likeness (QED) is 0.653. The molecular weight excluding hydrogens is 427 g/mol. The Bertz CT molecular complexity index is 705. The lowest BCUT2D eigenvalue weighted by Crippen LogP contribution is -2.18. The fourth-order valence-corrected chi connectivity index (χ4v) is 2.06. The van der Waals surface area contributed by atoms with Gasteiger partial charge in [0.05, 0.1) is 0 Å². The second-order valence-corrected chi connectivity index (χ2v) is 8.89. The zero-order chi connectivity index (χ0) is 17.4. The summed E-state index contributed by atoms with van der Waals surface area (Å²) in [5.74, 6) is -0.225. The number of halogens is 6. The van der Waals surface area contributed by atoms with Crippen molar-refractivity contribution in [1.82, 2.24) is 15.0 Å². The zero-order valence-corrected chi connectivity index (χ0v) is 15.6. The number of aromatic hydroxyl groups is 1. The summed E-state index contributed by atoms with van der Waals surface area (Å²) >= 11 is 34.9. The molecule has 0 aliphatic rings. The summed E-state index contributed by atoms with van der Waals surface area (Å²) in [5.41, 5.74) is 0.998. The molecule has 0 aliphatic heterocycles. The van der Waals surface area contributed by atoms with Gasteiger partial charge in [0.1, 0.15) is 5.75 Å². The molecule has 0 aliphatic carbocycles. The molecule has 1 heterocycles. The summed E-state index contributed by atoms with van der Waals surface area (Å²) in [6.07, 6.45) is 0. The van der Waals surface area contributed by atoms with E-state index in [0.29, 0.717) is 11.1 Å². The summed E-state index contributed by atoms with van der Waals surface area (Å²) in [6.45, 7) is 3.88. The standard InChI is InChI=1S/C13H7Cl6N3O/c1-6(7-2-4-8(23)5-3-7)9-20-10(12(14,15)16)22-11(21-9)13(17,18)19/h2-5,23H,1H2. The lowest BCUT2D eigenvalue weighted by Gasteiger charge is -2.16. The van der Waals surface area contributed by atoms with Crippen LogP contribution in [0.15, 0.2) is 30.8 Å². The Morgan fingerprint density at radius 1 is 0.826 bits per heavy atom. The van der Waals surface area contributed by atoms with Crippen LogP contribution in [0.3, 0.4) is 0 Å². The minimum atomic E-state index is -1.93. The van der Waals surface area contributed by atoms with E-state index in [1.807, 2.05) is 0 Å². The number of aromatic nitrogens is 3. The number of phenolic OH excluding ortho intramolecular Hbond substituents is 1. The van der Waals surface area contributed by atoms with Gasteiger partial charge in [-0.25, -0.2) is 15.0 Å². The van der Waals surface area contributed by atoms with Gasteiger partial charge in [0.25, 0.3) is 0 Å². The van der Waals surface area contributed by atoms with Crippen LogP contribution in [0, 0.1) is 0 Å². The number of nitrogens with zero attached hydrogens (tertiary/aromatic N) is 3. The minimum Gasteiger partial charge on any atom is -0.508 e. The van der Waals surface area contributed by atoms with Gasteiger partial charge < -0.3 is 5.11 Å². The highest BCUT2D eigenvalue weighted by molar-refractivity contribution is 6.67. The van der Waals surface area contributed by atoms with E-state index in [-0.39, 0.29) is 23.2 Å². The smallest absolute Gasteiger partial charge is 0.250 e. The summed E-state index contributed by atoms with van der Waals surface area (Å²) < 4.78 is -3.87. The van der Waals surface area contributed by atoms with Crippen LogP contribution in [0.1, 0.15) is 23.0 Å². The van der Waals surface area contributed by atoms with E-state index >= 15 is 0 Å². The summed E-state index contributed by atoms with van der Waals surface area (Å²) in [5, 5.41) is 9.33. The van der Waals surface area contributed by atoms with E-state index in [4.69, 9.17) is 69.6 Å². The van der Waals surface area contributed by atoms with Gasteiger partial charge in [0.15, 0.2) is 17.5 Å². The average Bonchev–Trinajstić information content (AvgIpc) is 2.45. The Morgan fingerprint density at radius 2 is 1.26 bits per heavy atom. The molecule has 2 rings (SSSR count). The fraction of sp³-hybridized carbons (Fsp3) is 0.154. The van der Waals surface area contributed by atoms with Crippen LogP contribution < -0.4 is 0 Å². The van der Waals surface area contributed by atoms with Crippen LogP contribution in [0.25, 0.3) is 5.57 Å². The first-order chi connectivity index (χ1) is 10.5. The summed E-state index contributed by atoms with van der Waals surface area (Å²) in [6, 6.07) is 6.19. The number of hydrogen-bond donors (Lipinski definition) is 1. The van der Waals surface area contributed by atoms with Crippen molar-refractivity contribution in [1.29, 1.82) is 0 Å².